The van der Waals surface area contributed by atoms with Crippen LogP contribution in [-0.2, 0) is 0 Å². The third kappa shape index (κ3) is 3.02. The summed E-state index contributed by atoms with van der Waals surface area (Å²) in [5.41, 5.74) is 4.86. The maximum absolute atomic E-state index is 13.2. The van der Waals surface area contributed by atoms with Gasteiger partial charge in [-0.3, -0.25) is 0 Å². The molecule has 17 heavy (non-hydrogen) atoms. The predicted octanol–water partition coefficient (Wildman–Crippen LogP) is 1.89. The van der Waals surface area contributed by atoms with E-state index >= 15 is 0 Å². The molecule has 0 unspecified atom stereocenters. The van der Waals surface area contributed by atoms with Gasteiger partial charge >= 0.3 is 0 Å². The lowest BCUT2D eigenvalue weighted by Gasteiger charge is -2.22. The van der Waals surface area contributed by atoms with E-state index in [0.29, 0.717) is 0 Å². The monoisotopic (exact) mass is 271 g/mol. The highest BCUT2D eigenvalue weighted by atomic mass is 35.5. The second kappa shape index (κ2) is 5.57. The number of aliphatic hydroxyl groups excluding tert-OH is 1. The second-order valence-corrected chi connectivity index (χ2v) is 3.53. The number of nitrogens with two attached hydrogens (primary N) is 1. The second-order valence-electron chi connectivity index (χ2n) is 3.53. The maximum Gasteiger partial charge on any atom is 0.289 e. The maximum atomic E-state index is 13.2. The first kappa shape index (κ1) is 16.0. The van der Waals surface area contributed by atoms with Gasteiger partial charge in [-0.15, -0.1) is 12.4 Å². The Balaban J connectivity index is 0.00000256. The molecule has 0 bridgehead atoms. The number of hydrogen-bond donors (Lipinski definition) is 3. The molecule has 0 fully saturated rings. The van der Waals surface area contributed by atoms with Crippen molar-refractivity contribution in [1.29, 1.82) is 0 Å². The van der Waals surface area contributed by atoms with Crippen LogP contribution in [0.1, 0.15) is 17.2 Å². The summed E-state index contributed by atoms with van der Waals surface area (Å²) in [5.74, 6) is -5.50. The summed E-state index contributed by atoms with van der Waals surface area (Å²) in [6, 6.07) is 0.396. The number of aliphatic hydroxyl groups is 1. The highest BCUT2D eigenvalue weighted by molar-refractivity contribution is 5.85. The van der Waals surface area contributed by atoms with Crippen molar-refractivity contribution in [2.24, 2.45) is 5.73 Å². The Morgan fingerprint density at radius 3 is 2.41 bits per heavy atom. The van der Waals surface area contributed by atoms with E-state index in [1.165, 1.54) is 13.0 Å². The summed E-state index contributed by atoms with van der Waals surface area (Å²) in [5, 5.41) is 17.8. The normalized spacial score (nSPS) is 13.1. The summed E-state index contributed by atoms with van der Waals surface area (Å²) >= 11 is 0. The van der Waals surface area contributed by atoms with Crippen LogP contribution in [-0.4, -0.2) is 22.7 Å². The number of hydrogen-bond acceptors (Lipinski definition) is 3. The van der Waals surface area contributed by atoms with Crippen molar-refractivity contribution >= 4 is 12.4 Å². The van der Waals surface area contributed by atoms with Crippen molar-refractivity contribution in [3.8, 4) is 5.75 Å². The van der Waals surface area contributed by atoms with Crippen LogP contribution in [0.15, 0.2) is 12.1 Å². The van der Waals surface area contributed by atoms with Crippen LogP contribution in [0.25, 0.3) is 0 Å². The fraction of sp³-hybridized carbons (Fsp3) is 0.400. The van der Waals surface area contributed by atoms with Gasteiger partial charge in [-0.2, -0.15) is 0 Å². The van der Waals surface area contributed by atoms with Crippen LogP contribution >= 0.6 is 12.4 Å². The number of phenolic OH excluding ortho intramolecular Hbond substituents is 1. The van der Waals surface area contributed by atoms with E-state index in [-0.39, 0.29) is 18.0 Å². The van der Waals surface area contributed by atoms with E-state index in [1.807, 2.05) is 0 Å². The van der Waals surface area contributed by atoms with Gasteiger partial charge in [-0.25, -0.2) is 13.2 Å². The molecule has 0 saturated carbocycles. The van der Waals surface area contributed by atoms with Crippen molar-refractivity contribution < 1.29 is 23.4 Å². The van der Waals surface area contributed by atoms with E-state index in [2.05, 4.69) is 0 Å². The lowest BCUT2D eigenvalue weighted by molar-refractivity contribution is -0.0716. The number of aryl methyl sites for hydroxylation is 1. The zero-order valence-corrected chi connectivity index (χ0v) is 9.77. The smallest absolute Gasteiger partial charge is 0.289 e. The molecule has 1 atom stereocenters. The van der Waals surface area contributed by atoms with Gasteiger partial charge in [0, 0.05) is 5.56 Å². The molecule has 0 heterocycles. The molecule has 0 radical (unpaired) electrons. The predicted molar refractivity (Wildman–Crippen MR) is 59.0 cm³/mol. The highest BCUT2D eigenvalue weighted by Crippen LogP contribution is 2.35. The van der Waals surface area contributed by atoms with Crippen molar-refractivity contribution in [2.45, 2.75) is 18.9 Å². The summed E-state index contributed by atoms with van der Waals surface area (Å²) < 4.78 is 39.3. The Labute approximate surface area is 102 Å². The Morgan fingerprint density at radius 1 is 1.41 bits per heavy atom. The average molecular weight is 272 g/mol. The van der Waals surface area contributed by atoms with E-state index in [9.17, 15) is 18.3 Å². The van der Waals surface area contributed by atoms with Crippen molar-refractivity contribution in [3.63, 3.8) is 0 Å². The zero-order valence-electron chi connectivity index (χ0n) is 8.95. The largest absolute Gasteiger partial charge is 0.505 e. The van der Waals surface area contributed by atoms with E-state index in [0.717, 1.165) is 6.07 Å². The van der Waals surface area contributed by atoms with E-state index in [1.54, 1.807) is 0 Å². The minimum Gasteiger partial charge on any atom is -0.505 e. The van der Waals surface area contributed by atoms with E-state index < -0.39 is 35.7 Å². The standard InChI is InChI=1S/C10H12F3NO2.ClH/c1-5-2-3-6(8(16)7(5)11)9(14)10(12,13)4-15;/h2-3,9,15-16H,4,14H2,1H3;1H/t9-;/m1./s1. The summed E-state index contributed by atoms with van der Waals surface area (Å²) in [7, 11) is 0. The molecule has 1 aromatic carbocycles. The molecule has 0 aliphatic heterocycles. The lowest BCUT2D eigenvalue weighted by atomic mass is 9.99. The molecule has 0 amide bonds. The summed E-state index contributed by atoms with van der Waals surface area (Å²) in [6.07, 6.45) is 0. The molecule has 0 aliphatic rings. The Kier molecular flexibility index (Phi) is 5.25. The van der Waals surface area contributed by atoms with Gasteiger partial charge < -0.3 is 15.9 Å². The van der Waals surface area contributed by atoms with Crippen molar-refractivity contribution in [3.05, 3.63) is 29.1 Å². The number of rotatable bonds is 3. The van der Waals surface area contributed by atoms with Crippen LogP contribution < -0.4 is 5.73 Å². The fourth-order valence-corrected chi connectivity index (χ4v) is 1.26. The Morgan fingerprint density at radius 2 is 1.94 bits per heavy atom. The third-order valence-corrected chi connectivity index (χ3v) is 2.34. The molecule has 98 valence electrons. The minimum atomic E-state index is -3.61. The average Bonchev–Trinajstić information content (AvgIpc) is 2.25. The van der Waals surface area contributed by atoms with Crippen LogP contribution in [0.4, 0.5) is 13.2 Å². The summed E-state index contributed by atoms with van der Waals surface area (Å²) in [4.78, 5) is 0. The highest BCUT2D eigenvalue weighted by Gasteiger charge is 2.39. The van der Waals surface area contributed by atoms with Gasteiger partial charge in [0.25, 0.3) is 5.92 Å². The Hall–Kier alpha value is -0.980. The first-order valence-corrected chi connectivity index (χ1v) is 4.53. The number of benzene rings is 1. The van der Waals surface area contributed by atoms with Gasteiger partial charge in [-0.05, 0) is 12.5 Å². The first-order chi connectivity index (χ1) is 7.31. The van der Waals surface area contributed by atoms with Crippen LogP contribution in [0.3, 0.4) is 0 Å². The van der Waals surface area contributed by atoms with E-state index in [4.69, 9.17) is 10.8 Å². The molecule has 0 aliphatic carbocycles. The number of halogens is 4. The minimum absolute atomic E-state index is 0. The SMILES string of the molecule is Cc1ccc([C@@H](N)C(F)(F)CO)c(O)c1F.Cl. The first-order valence-electron chi connectivity index (χ1n) is 4.53. The molecular weight excluding hydrogens is 259 g/mol. The van der Waals surface area contributed by atoms with Crippen LogP contribution in [0.2, 0.25) is 0 Å². The number of phenols is 1. The quantitative estimate of drug-likeness (QED) is 0.786. The van der Waals surface area contributed by atoms with Crippen LogP contribution in [0, 0.1) is 12.7 Å². The van der Waals surface area contributed by atoms with Gasteiger partial charge in [0.15, 0.2) is 11.6 Å². The topological polar surface area (TPSA) is 66.5 Å². The molecule has 1 aromatic rings. The van der Waals surface area contributed by atoms with Gasteiger partial charge in [0.05, 0.1) is 0 Å². The number of alkyl halides is 2. The van der Waals surface area contributed by atoms with Gasteiger partial charge in [0.2, 0.25) is 0 Å². The van der Waals surface area contributed by atoms with Crippen LogP contribution in [0.5, 0.6) is 5.75 Å². The van der Waals surface area contributed by atoms with Crippen molar-refractivity contribution in [2.75, 3.05) is 6.61 Å². The lowest BCUT2D eigenvalue weighted by Crippen LogP contribution is -2.36. The molecule has 0 aromatic heterocycles. The van der Waals surface area contributed by atoms with Gasteiger partial charge in [0.1, 0.15) is 12.6 Å². The molecule has 4 N–H and O–H groups in total. The van der Waals surface area contributed by atoms with Gasteiger partial charge in [-0.1, -0.05) is 12.1 Å². The summed E-state index contributed by atoms with van der Waals surface area (Å²) in [6.45, 7) is -0.0857. The molecule has 0 saturated heterocycles. The fourth-order valence-electron chi connectivity index (χ4n) is 1.26. The molecular formula is C10H13ClF3NO2. The van der Waals surface area contributed by atoms with Crippen molar-refractivity contribution in [1.82, 2.24) is 0 Å². The Bertz CT molecular complexity index is 401. The zero-order chi connectivity index (χ0) is 12.5. The number of aromatic hydroxyl groups is 1. The molecule has 3 nitrogen and oxygen atoms in total. The third-order valence-electron chi connectivity index (χ3n) is 2.34. The molecule has 7 heteroatoms. The molecule has 1 rings (SSSR count). The molecule has 0 spiro atoms.